The number of phenolic OH excluding ortho intramolecular Hbond substituents is 1. The second-order valence-electron chi connectivity index (χ2n) is 7.50. The molecular formula is C20H28N4O4. The van der Waals surface area contributed by atoms with Gasteiger partial charge in [-0.2, -0.15) is 0 Å². The average molecular weight is 388 g/mol. The van der Waals surface area contributed by atoms with Gasteiger partial charge in [-0.1, -0.05) is 12.1 Å². The van der Waals surface area contributed by atoms with E-state index in [1.54, 1.807) is 17.0 Å². The third kappa shape index (κ3) is 4.62. The third-order valence-electron chi connectivity index (χ3n) is 5.55. The summed E-state index contributed by atoms with van der Waals surface area (Å²) < 4.78 is 0. The maximum absolute atomic E-state index is 12.7. The van der Waals surface area contributed by atoms with E-state index in [-0.39, 0.29) is 30.0 Å². The van der Waals surface area contributed by atoms with Crippen molar-refractivity contribution in [1.82, 2.24) is 15.1 Å². The summed E-state index contributed by atoms with van der Waals surface area (Å²) in [7, 11) is 0. The molecule has 1 aromatic rings. The number of hydrogen-bond acceptors (Lipinski definition) is 5. The summed E-state index contributed by atoms with van der Waals surface area (Å²) >= 11 is 0. The van der Waals surface area contributed by atoms with Gasteiger partial charge in [0.25, 0.3) is 0 Å². The second-order valence-corrected chi connectivity index (χ2v) is 7.50. The summed E-state index contributed by atoms with van der Waals surface area (Å²) in [5.41, 5.74) is 6.46. The van der Waals surface area contributed by atoms with Crippen LogP contribution in [0.1, 0.15) is 30.7 Å². The molecule has 8 heteroatoms. The summed E-state index contributed by atoms with van der Waals surface area (Å²) in [4.78, 5) is 40.7. The lowest BCUT2D eigenvalue weighted by Crippen LogP contribution is -2.50. The SMILES string of the molecule is NCCNC(=O)C1CCCN(C(=O)C(=O)N2CCC(c3ccc(O)cc3)C2)C1. The Bertz CT molecular complexity index is 721. The minimum absolute atomic E-state index is 0.107. The number of amides is 3. The lowest BCUT2D eigenvalue weighted by atomic mass is 9.97. The first-order chi connectivity index (χ1) is 13.5. The van der Waals surface area contributed by atoms with E-state index in [2.05, 4.69) is 5.32 Å². The van der Waals surface area contributed by atoms with Gasteiger partial charge in [-0.3, -0.25) is 14.4 Å². The molecule has 0 aromatic heterocycles. The number of carbonyl (C=O) groups is 3. The van der Waals surface area contributed by atoms with Crippen molar-refractivity contribution in [3.63, 3.8) is 0 Å². The lowest BCUT2D eigenvalue weighted by molar-refractivity contribution is -0.152. The standard InChI is InChI=1S/C20H28N4O4/c21-8-9-22-18(26)16-2-1-10-23(13-16)19(27)20(28)24-11-7-15(12-24)14-3-5-17(25)6-4-14/h3-6,15-16,25H,1-2,7-13,21H2,(H,22,26). The van der Waals surface area contributed by atoms with Gasteiger partial charge in [0.05, 0.1) is 5.92 Å². The molecule has 2 unspecified atom stereocenters. The lowest BCUT2D eigenvalue weighted by Gasteiger charge is -2.32. The molecule has 0 radical (unpaired) electrons. The number of likely N-dealkylation sites (tertiary alicyclic amines) is 2. The second kappa shape index (κ2) is 9.05. The number of phenols is 1. The Hall–Kier alpha value is -2.61. The molecule has 2 aliphatic rings. The monoisotopic (exact) mass is 388 g/mol. The predicted molar refractivity (Wildman–Crippen MR) is 103 cm³/mol. The van der Waals surface area contributed by atoms with Crippen molar-refractivity contribution >= 4 is 17.7 Å². The molecule has 2 fully saturated rings. The first kappa shape index (κ1) is 20.1. The van der Waals surface area contributed by atoms with Crippen molar-refractivity contribution in [3.05, 3.63) is 29.8 Å². The quantitative estimate of drug-likeness (QED) is 0.629. The number of rotatable bonds is 4. The molecule has 0 bridgehead atoms. The van der Waals surface area contributed by atoms with Crippen LogP contribution in [0.25, 0.3) is 0 Å². The van der Waals surface area contributed by atoms with Crippen LogP contribution in [-0.4, -0.2) is 71.9 Å². The van der Waals surface area contributed by atoms with Gasteiger partial charge < -0.3 is 26.0 Å². The molecule has 3 rings (SSSR count). The number of nitrogens with two attached hydrogens (primary N) is 1. The zero-order valence-electron chi connectivity index (χ0n) is 16.0. The molecule has 4 N–H and O–H groups in total. The van der Waals surface area contributed by atoms with Crippen LogP contribution in [0.2, 0.25) is 0 Å². The minimum atomic E-state index is -0.525. The van der Waals surface area contributed by atoms with E-state index in [0.29, 0.717) is 45.6 Å². The summed E-state index contributed by atoms with van der Waals surface area (Å²) in [5.74, 6) is -1.05. The fraction of sp³-hybridized carbons (Fsp3) is 0.550. The molecule has 152 valence electrons. The van der Waals surface area contributed by atoms with Crippen molar-refractivity contribution in [2.45, 2.75) is 25.2 Å². The zero-order chi connectivity index (χ0) is 20.1. The topological polar surface area (TPSA) is 116 Å². The molecule has 28 heavy (non-hydrogen) atoms. The molecule has 2 heterocycles. The van der Waals surface area contributed by atoms with Crippen LogP contribution in [0.3, 0.4) is 0 Å². The van der Waals surface area contributed by atoms with Gasteiger partial charge in [0.1, 0.15) is 5.75 Å². The normalized spacial score (nSPS) is 22.2. The van der Waals surface area contributed by atoms with Crippen molar-refractivity contribution in [1.29, 1.82) is 0 Å². The molecule has 0 aliphatic carbocycles. The Morgan fingerprint density at radius 1 is 1.04 bits per heavy atom. The first-order valence-corrected chi connectivity index (χ1v) is 9.84. The zero-order valence-corrected chi connectivity index (χ0v) is 16.0. The van der Waals surface area contributed by atoms with Crippen molar-refractivity contribution in [3.8, 4) is 5.75 Å². The van der Waals surface area contributed by atoms with Crippen molar-refractivity contribution in [2.24, 2.45) is 11.7 Å². The van der Waals surface area contributed by atoms with E-state index in [0.717, 1.165) is 12.0 Å². The highest BCUT2D eigenvalue weighted by Crippen LogP contribution is 2.28. The van der Waals surface area contributed by atoms with Crippen LogP contribution in [-0.2, 0) is 14.4 Å². The van der Waals surface area contributed by atoms with Crippen molar-refractivity contribution < 1.29 is 19.5 Å². The molecule has 0 spiro atoms. The van der Waals surface area contributed by atoms with E-state index in [4.69, 9.17) is 5.73 Å². The number of carbonyl (C=O) groups excluding carboxylic acids is 3. The fourth-order valence-corrected chi connectivity index (χ4v) is 3.95. The van der Waals surface area contributed by atoms with E-state index >= 15 is 0 Å². The Labute approximate surface area is 164 Å². The number of hydrogen-bond donors (Lipinski definition) is 3. The number of benzene rings is 1. The number of piperidine rings is 1. The van der Waals surface area contributed by atoms with Gasteiger partial charge >= 0.3 is 11.8 Å². The molecule has 2 aliphatic heterocycles. The van der Waals surface area contributed by atoms with Crippen LogP contribution < -0.4 is 11.1 Å². The number of nitrogens with zero attached hydrogens (tertiary/aromatic N) is 2. The minimum Gasteiger partial charge on any atom is -0.508 e. The molecule has 2 atom stereocenters. The van der Waals surface area contributed by atoms with E-state index < -0.39 is 11.8 Å². The summed E-state index contributed by atoms with van der Waals surface area (Å²) in [6.07, 6.45) is 2.20. The maximum atomic E-state index is 12.7. The molecule has 0 saturated carbocycles. The van der Waals surface area contributed by atoms with Crippen LogP contribution in [0, 0.1) is 5.92 Å². The van der Waals surface area contributed by atoms with Crippen LogP contribution in [0.5, 0.6) is 5.75 Å². The van der Waals surface area contributed by atoms with Gasteiger partial charge in [0.2, 0.25) is 5.91 Å². The van der Waals surface area contributed by atoms with Gasteiger partial charge in [0.15, 0.2) is 0 Å². The van der Waals surface area contributed by atoms with Crippen molar-refractivity contribution in [2.75, 3.05) is 39.3 Å². The highest BCUT2D eigenvalue weighted by Gasteiger charge is 2.36. The molecular weight excluding hydrogens is 360 g/mol. The van der Waals surface area contributed by atoms with Gasteiger partial charge in [0, 0.05) is 45.2 Å². The first-order valence-electron chi connectivity index (χ1n) is 9.84. The Balaban J connectivity index is 1.56. The maximum Gasteiger partial charge on any atom is 0.312 e. The number of aromatic hydroxyl groups is 1. The number of nitrogens with one attached hydrogen (secondary N) is 1. The smallest absolute Gasteiger partial charge is 0.312 e. The third-order valence-corrected chi connectivity index (χ3v) is 5.55. The van der Waals surface area contributed by atoms with E-state index in [1.165, 1.54) is 4.90 Å². The summed E-state index contributed by atoms with van der Waals surface area (Å²) in [6.45, 7) is 2.58. The predicted octanol–water partition coefficient (Wildman–Crippen LogP) is 0.0216. The molecule has 2 saturated heterocycles. The van der Waals surface area contributed by atoms with Gasteiger partial charge in [-0.05, 0) is 37.0 Å². The molecule has 3 amide bonds. The highest BCUT2D eigenvalue weighted by molar-refractivity contribution is 6.35. The summed E-state index contributed by atoms with van der Waals surface area (Å²) in [5, 5.41) is 12.2. The largest absolute Gasteiger partial charge is 0.508 e. The Morgan fingerprint density at radius 2 is 1.71 bits per heavy atom. The molecule has 1 aromatic carbocycles. The van der Waals surface area contributed by atoms with Gasteiger partial charge in [-0.25, -0.2) is 0 Å². The van der Waals surface area contributed by atoms with E-state index in [1.807, 2.05) is 12.1 Å². The Kier molecular flexibility index (Phi) is 6.51. The highest BCUT2D eigenvalue weighted by atomic mass is 16.3. The average Bonchev–Trinajstić information content (AvgIpc) is 3.21. The van der Waals surface area contributed by atoms with E-state index in [9.17, 15) is 19.5 Å². The van der Waals surface area contributed by atoms with Gasteiger partial charge in [-0.15, -0.1) is 0 Å². The molecule has 8 nitrogen and oxygen atoms in total. The fourth-order valence-electron chi connectivity index (χ4n) is 3.95. The van der Waals surface area contributed by atoms with Crippen LogP contribution >= 0.6 is 0 Å². The van der Waals surface area contributed by atoms with Crippen LogP contribution in [0.15, 0.2) is 24.3 Å². The summed E-state index contributed by atoms with van der Waals surface area (Å²) in [6, 6.07) is 6.97. The van der Waals surface area contributed by atoms with Crippen LogP contribution in [0.4, 0.5) is 0 Å². The Morgan fingerprint density at radius 3 is 2.39 bits per heavy atom.